The van der Waals surface area contributed by atoms with E-state index >= 15 is 0 Å². The van der Waals surface area contributed by atoms with Crippen LogP contribution in [-0.4, -0.2) is 50.1 Å². The summed E-state index contributed by atoms with van der Waals surface area (Å²) in [6.07, 6.45) is 3.06. The van der Waals surface area contributed by atoms with Crippen LogP contribution in [0.15, 0.2) is 24.3 Å². The van der Waals surface area contributed by atoms with Crippen LogP contribution in [0.5, 0.6) is 5.75 Å². The minimum absolute atomic E-state index is 0.00265. The molecule has 4 rings (SSSR count). The first-order valence-electron chi connectivity index (χ1n) is 10.1. The van der Waals surface area contributed by atoms with Crippen LogP contribution in [0, 0.1) is 11.3 Å². The summed E-state index contributed by atoms with van der Waals surface area (Å²) < 4.78 is 6.16. The maximum atomic E-state index is 12.6. The van der Waals surface area contributed by atoms with Crippen molar-refractivity contribution >= 4 is 27.9 Å². The molecule has 1 amide bonds. The molecule has 1 aromatic carbocycles. The summed E-state index contributed by atoms with van der Waals surface area (Å²) in [6, 6.07) is 10.4. The Kier molecular flexibility index (Phi) is 5.74. The van der Waals surface area contributed by atoms with Gasteiger partial charge in [-0.25, -0.2) is 0 Å². The third kappa shape index (κ3) is 4.09. The monoisotopic (exact) mass is 410 g/mol. The Bertz CT molecular complexity index is 949. The van der Waals surface area contributed by atoms with Gasteiger partial charge in [-0.05, 0) is 50.9 Å². The molecule has 0 unspecified atom stereocenters. The zero-order valence-electron chi connectivity index (χ0n) is 16.9. The molecule has 0 radical (unpaired) electrons. The number of nitrogens with one attached hydrogen (secondary N) is 1. The molecule has 29 heavy (non-hydrogen) atoms. The highest BCUT2D eigenvalue weighted by Gasteiger charge is 2.27. The van der Waals surface area contributed by atoms with E-state index in [1.54, 1.807) is 11.3 Å². The molecule has 152 valence electrons. The van der Waals surface area contributed by atoms with Crippen LogP contribution in [0.2, 0.25) is 0 Å². The second-order valence-electron chi connectivity index (χ2n) is 7.66. The number of benzene rings is 1. The van der Waals surface area contributed by atoms with Gasteiger partial charge in [0.15, 0.2) is 0 Å². The van der Waals surface area contributed by atoms with Crippen molar-refractivity contribution < 1.29 is 9.53 Å². The summed E-state index contributed by atoms with van der Waals surface area (Å²) in [5, 5.41) is 13.1. The van der Waals surface area contributed by atoms with E-state index in [0.29, 0.717) is 17.1 Å². The van der Waals surface area contributed by atoms with E-state index in [2.05, 4.69) is 29.3 Å². The standard InChI is InChI=1S/C22H26N4O2S/c1-3-26-13-15(28-19-9-5-4-8-18(19)26)12-25(2)14-21(27)24-22-17(11-23)16-7-6-10-20(16)29-22/h4-5,8-9,15H,3,6-7,10,12-14H2,1-2H3,(H,24,27)/t15-/m1/s1. The Morgan fingerprint density at radius 2 is 2.24 bits per heavy atom. The molecule has 1 N–H and O–H groups in total. The topological polar surface area (TPSA) is 68.6 Å². The van der Waals surface area contributed by atoms with E-state index in [9.17, 15) is 10.1 Å². The van der Waals surface area contributed by atoms with E-state index in [0.717, 1.165) is 49.4 Å². The number of fused-ring (bicyclic) bond motifs is 2. The van der Waals surface area contributed by atoms with Crippen LogP contribution in [0.4, 0.5) is 10.7 Å². The van der Waals surface area contributed by atoms with Crippen LogP contribution in [0.1, 0.15) is 29.3 Å². The van der Waals surface area contributed by atoms with Gasteiger partial charge in [-0.15, -0.1) is 11.3 Å². The van der Waals surface area contributed by atoms with Gasteiger partial charge in [0.05, 0.1) is 24.3 Å². The normalized spacial score (nSPS) is 17.4. The predicted molar refractivity (Wildman–Crippen MR) is 116 cm³/mol. The number of carbonyl (C=O) groups is 1. The van der Waals surface area contributed by atoms with Crippen molar-refractivity contribution in [1.29, 1.82) is 5.26 Å². The van der Waals surface area contributed by atoms with Crippen LogP contribution in [0.25, 0.3) is 0 Å². The fraction of sp³-hybridized carbons (Fsp3) is 0.455. The molecule has 2 heterocycles. The number of thiophene rings is 1. The molecule has 0 saturated carbocycles. The van der Waals surface area contributed by atoms with E-state index in [-0.39, 0.29) is 18.6 Å². The predicted octanol–water partition coefficient (Wildman–Crippen LogP) is 3.27. The van der Waals surface area contributed by atoms with Gasteiger partial charge in [0.25, 0.3) is 0 Å². The Hall–Kier alpha value is -2.56. The molecule has 0 spiro atoms. The number of para-hydroxylation sites is 2. The fourth-order valence-corrected chi connectivity index (χ4v) is 5.46. The van der Waals surface area contributed by atoms with Crippen molar-refractivity contribution in [1.82, 2.24) is 4.90 Å². The maximum absolute atomic E-state index is 12.6. The van der Waals surface area contributed by atoms with E-state index in [4.69, 9.17) is 4.74 Å². The molecule has 1 aromatic heterocycles. The fourth-order valence-electron chi connectivity index (χ4n) is 4.21. The lowest BCUT2D eigenvalue weighted by molar-refractivity contribution is -0.117. The van der Waals surface area contributed by atoms with Gasteiger partial charge in [-0.3, -0.25) is 9.69 Å². The largest absolute Gasteiger partial charge is 0.485 e. The minimum Gasteiger partial charge on any atom is -0.485 e. The Morgan fingerprint density at radius 3 is 3.03 bits per heavy atom. The van der Waals surface area contributed by atoms with Crippen molar-refractivity contribution in [2.45, 2.75) is 32.3 Å². The lowest BCUT2D eigenvalue weighted by Crippen LogP contribution is -2.46. The highest BCUT2D eigenvalue weighted by Crippen LogP contribution is 2.38. The summed E-state index contributed by atoms with van der Waals surface area (Å²) in [4.78, 5) is 18.1. The van der Waals surface area contributed by atoms with Crippen molar-refractivity contribution in [3.63, 3.8) is 0 Å². The van der Waals surface area contributed by atoms with Gasteiger partial charge in [0.1, 0.15) is 22.9 Å². The summed E-state index contributed by atoms with van der Waals surface area (Å²) >= 11 is 1.56. The number of amides is 1. The Morgan fingerprint density at radius 1 is 1.41 bits per heavy atom. The van der Waals surface area contributed by atoms with Gasteiger partial charge in [-0.1, -0.05) is 12.1 Å². The van der Waals surface area contributed by atoms with Crippen LogP contribution < -0.4 is 15.0 Å². The van der Waals surface area contributed by atoms with Crippen molar-refractivity contribution in [3.05, 3.63) is 40.3 Å². The van der Waals surface area contributed by atoms with E-state index in [1.165, 1.54) is 4.88 Å². The Balaban J connectivity index is 1.35. The lowest BCUT2D eigenvalue weighted by Gasteiger charge is -2.37. The second-order valence-corrected chi connectivity index (χ2v) is 8.77. The van der Waals surface area contributed by atoms with Gasteiger partial charge in [-0.2, -0.15) is 5.26 Å². The Labute approximate surface area is 175 Å². The molecule has 1 atom stereocenters. The molecular weight excluding hydrogens is 384 g/mol. The molecule has 0 fully saturated rings. The number of aryl methyl sites for hydroxylation is 1. The molecule has 7 heteroatoms. The minimum atomic E-state index is -0.0903. The summed E-state index contributed by atoms with van der Waals surface area (Å²) in [6.45, 7) is 4.78. The molecule has 1 aliphatic heterocycles. The first kappa shape index (κ1) is 19.7. The molecule has 0 saturated heterocycles. The molecule has 2 aliphatic rings. The molecular formula is C22H26N4O2S. The number of anilines is 2. The van der Waals surface area contributed by atoms with Gasteiger partial charge >= 0.3 is 0 Å². The first-order valence-corrected chi connectivity index (χ1v) is 10.9. The molecule has 0 bridgehead atoms. The van der Waals surface area contributed by atoms with Crippen molar-refractivity contribution in [3.8, 4) is 11.8 Å². The number of nitrogens with zero attached hydrogens (tertiary/aromatic N) is 3. The van der Waals surface area contributed by atoms with Crippen molar-refractivity contribution in [2.24, 2.45) is 0 Å². The maximum Gasteiger partial charge on any atom is 0.239 e. The number of carbonyl (C=O) groups excluding carboxylic acids is 1. The zero-order chi connectivity index (χ0) is 20.4. The molecule has 6 nitrogen and oxygen atoms in total. The second kappa shape index (κ2) is 8.44. The van der Waals surface area contributed by atoms with Crippen molar-refractivity contribution in [2.75, 3.05) is 43.4 Å². The third-order valence-electron chi connectivity index (χ3n) is 5.52. The number of hydrogen-bond acceptors (Lipinski definition) is 6. The van der Waals surface area contributed by atoms with Gasteiger partial charge < -0.3 is 15.0 Å². The van der Waals surface area contributed by atoms with E-state index in [1.807, 2.05) is 30.1 Å². The summed E-state index contributed by atoms with van der Waals surface area (Å²) in [5.74, 6) is 0.808. The summed E-state index contributed by atoms with van der Waals surface area (Å²) in [7, 11) is 1.93. The van der Waals surface area contributed by atoms with Gasteiger partial charge in [0, 0.05) is 18.0 Å². The number of hydrogen-bond donors (Lipinski definition) is 1. The molecule has 1 aliphatic carbocycles. The molecule has 2 aromatic rings. The average molecular weight is 411 g/mol. The summed E-state index contributed by atoms with van der Waals surface area (Å²) in [5.41, 5.74) is 2.92. The van der Waals surface area contributed by atoms with Crippen LogP contribution >= 0.6 is 11.3 Å². The van der Waals surface area contributed by atoms with Crippen LogP contribution in [-0.2, 0) is 17.6 Å². The number of nitriles is 1. The SMILES string of the molecule is CCN1C[C@@H](CN(C)CC(=O)Nc2sc3c(c2C#N)CCC3)Oc2ccccc21. The zero-order valence-corrected chi connectivity index (χ0v) is 17.7. The number of likely N-dealkylation sites (N-methyl/N-ethyl adjacent to an activating group) is 2. The number of ether oxygens (including phenoxy) is 1. The number of rotatable bonds is 6. The quantitative estimate of drug-likeness (QED) is 0.792. The van der Waals surface area contributed by atoms with Crippen LogP contribution in [0.3, 0.4) is 0 Å². The van der Waals surface area contributed by atoms with Gasteiger partial charge in [0.2, 0.25) is 5.91 Å². The highest BCUT2D eigenvalue weighted by molar-refractivity contribution is 7.16. The smallest absolute Gasteiger partial charge is 0.239 e. The highest BCUT2D eigenvalue weighted by atomic mass is 32.1. The van der Waals surface area contributed by atoms with E-state index < -0.39 is 0 Å². The lowest BCUT2D eigenvalue weighted by atomic mass is 10.1. The first-order chi connectivity index (χ1) is 14.1. The average Bonchev–Trinajstić information content (AvgIpc) is 3.27. The third-order valence-corrected chi connectivity index (χ3v) is 6.73.